The molecule has 0 unspecified atom stereocenters. The number of nitrogens with zero attached hydrogens (tertiary/aromatic N) is 3. The van der Waals surface area contributed by atoms with Crippen LogP contribution < -0.4 is 19.7 Å². The third-order valence-corrected chi connectivity index (χ3v) is 3.38. The van der Waals surface area contributed by atoms with Crippen molar-refractivity contribution in [1.82, 2.24) is 9.97 Å². The van der Waals surface area contributed by atoms with Crippen molar-refractivity contribution in [3.05, 3.63) is 30.6 Å². The van der Waals surface area contributed by atoms with Gasteiger partial charge in [0.25, 0.3) is 0 Å². The lowest BCUT2D eigenvalue weighted by Crippen LogP contribution is -2.22. The standard InChI is InChI=1S/C16H20N4O4/c1-20(7-6-16(21)22)15-9-14(17-10-18-15)19-12-5-4-11(23-2)8-13(12)24-3/h4-5,8-10H,6-7H2,1-3H3,(H,21,22)(H,17,18,19). The molecule has 0 bridgehead atoms. The number of carbonyl (C=O) groups is 1. The van der Waals surface area contributed by atoms with E-state index in [1.54, 1.807) is 38.3 Å². The number of aromatic nitrogens is 2. The van der Waals surface area contributed by atoms with Gasteiger partial charge in [0.1, 0.15) is 29.5 Å². The Morgan fingerprint density at radius 1 is 1.25 bits per heavy atom. The molecule has 0 aliphatic heterocycles. The Kier molecular flexibility index (Phi) is 5.78. The maximum atomic E-state index is 10.7. The number of carboxylic acids is 1. The van der Waals surface area contributed by atoms with Crippen molar-refractivity contribution < 1.29 is 19.4 Å². The van der Waals surface area contributed by atoms with Crippen LogP contribution in [0.2, 0.25) is 0 Å². The van der Waals surface area contributed by atoms with Crippen molar-refractivity contribution in [2.24, 2.45) is 0 Å². The van der Waals surface area contributed by atoms with E-state index >= 15 is 0 Å². The number of anilines is 3. The molecule has 0 aliphatic rings. The summed E-state index contributed by atoms with van der Waals surface area (Å²) >= 11 is 0. The predicted octanol–water partition coefficient (Wildman–Crippen LogP) is 2.15. The molecule has 0 amide bonds. The van der Waals surface area contributed by atoms with E-state index in [2.05, 4.69) is 15.3 Å². The molecule has 0 saturated heterocycles. The van der Waals surface area contributed by atoms with E-state index in [4.69, 9.17) is 14.6 Å². The van der Waals surface area contributed by atoms with Gasteiger partial charge in [0.15, 0.2) is 0 Å². The first-order chi connectivity index (χ1) is 11.5. The zero-order chi connectivity index (χ0) is 17.5. The molecule has 24 heavy (non-hydrogen) atoms. The Morgan fingerprint density at radius 2 is 2.04 bits per heavy atom. The highest BCUT2D eigenvalue weighted by Crippen LogP contribution is 2.31. The van der Waals surface area contributed by atoms with Crippen LogP contribution in [0, 0.1) is 0 Å². The van der Waals surface area contributed by atoms with Gasteiger partial charge in [-0.25, -0.2) is 9.97 Å². The molecule has 1 aromatic heterocycles. The van der Waals surface area contributed by atoms with Gasteiger partial charge in [-0.05, 0) is 12.1 Å². The quantitative estimate of drug-likeness (QED) is 0.759. The maximum absolute atomic E-state index is 10.7. The molecule has 0 aliphatic carbocycles. The largest absolute Gasteiger partial charge is 0.497 e. The molecule has 1 aromatic carbocycles. The van der Waals surface area contributed by atoms with Crippen LogP contribution in [0.5, 0.6) is 11.5 Å². The van der Waals surface area contributed by atoms with Gasteiger partial charge in [-0.3, -0.25) is 4.79 Å². The first-order valence-corrected chi connectivity index (χ1v) is 7.27. The minimum Gasteiger partial charge on any atom is -0.497 e. The minimum atomic E-state index is -0.850. The summed E-state index contributed by atoms with van der Waals surface area (Å²) in [5.74, 6) is 1.66. The fraction of sp³-hybridized carbons (Fsp3) is 0.312. The third kappa shape index (κ3) is 4.48. The topological polar surface area (TPSA) is 96.8 Å². The summed E-state index contributed by atoms with van der Waals surface area (Å²) in [6.07, 6.45) is 1.46. The Labute approximate surface area is 140 Å². The summed E-state index contributed by atoms with van der Waals surface area (Å²) in [5, 5.41) is 11.9. The monoisotopic (exact) mass is 332 g/mol. The molecule has 2 N–H and O–H groups in total. The van der Waals surface area contributed by atoms with Gasteiger partial charge in [-0.1, -0.05) is 0 Å². The van der Waals surface area contributed by atoms with Gasteiger partial charge >= 0.3 is 5.97 Å². The van der Waals surface area contributed by atoms with E-state index < -0.39 is 5.97 Å². The van der Waals surface area contributed by atoms with Crippen LogP contribution in [0.4, 0.5) is 17.3 Å². The SMILES string of the molecule is COc1ccc(Nc2cc(N(C)CCC(=O)O)ncn2)c(OC)c1. The van der Waals surface area contributed by atoms with Gasteiger partial charge < -0.3 is 24.8 Å². The summed E-state index contributed by atoms with van der Waals surface area (Å²) in [4.78, 5) is 20.8. The van der Waals surface area contributed by atoms with Crippen molar-refractivity contribution in [3.8, 4) is 11.5 Å². The molecule has 2 rings (SSSR count). The first kappa shape index (κ1) is 17.3. The number of hydrogen-bond donors (Lipinski definition) is 2. The van der Waals surface area contributed by atoms with E-state index in [0.29, 0.717) is 29.7 Å². The number of nitrogens with one attached hydrogen (secondary N) is 1. The Bertz CT molecular complexity index is 708. The highest BCUT2D eigenvalue weighted by atomic mass is 16.5. The van der Waals surface area contributed by atoms with Gasteiger partial charge in [0, 0.05) is 25.7 Å². The molecule has 0 radical (unpaired) electrons. The van der Waals surface area contributed by atoms with Crippen LogP contribution in [0.25, 0.3) is 0 Å². The normalized spacial score (nSPS) is 10.1. The smallest absolute Gasteiger partial charge is 0.305 e. The fourth-order valence-corrected chi connectivity index (χ4v) is 2.04. The molecule has 8 nitrogen and oxygen atoms in total. The molecule has 0 saturated carbocycles. The zero-order valence-corrected chi connectivity index (χ0v) is 13.8. The van der Waals surface area contributed by atoms with Crippen molar-refractivity contribution in [2.75, 3.05) is 38.0 Å². The summed E-state index contributed by atoms with van der Waals surface area (Å²) in [6.45, 7) is 0.359. The van der Waals surface area contributed by atoms with Crippen molar-refractivity contribution in [1.29, 1.82) is 0 Å². The maximum Gasteiger partial charge on any atom is 0.305 e. The third-order valence-electron chi connectivity index (χ3n) is 3.38. The van der Waals surface area contributed by atoms with Gasteiger partial charge in [0.2, 0.25) is 0 Å². The minimum absolute atomic E-state index is 0.0373. The lowest BCUT2D eigenvalue weighted by molar-refractivity contribution is -0.136. The second-order valence-corrected chi connectivity index (χ2v) is 5.02. The van der Waals surface area contributed by atoms with Gasteiger partial charge in [-0.2, -0.15) is 0 Å². The Morgan fingerprint density at radius 3 is 2.71 bits per heavy atom. The van der Waals surface area contributed by atoms with Crippen LogP contribution in [0.15, 0.2) is 30.6 Å². The molecule has 2 aromatic rings. The van der Waals surface area contributed by atoms with Crippen LogP contribution in [0.3, 0.4) is 0 Å². The van der Waals surface area contributed by atoms with Crippen LogP contribution in [0.1, 0.15) is 6.42 Å². The highest BCUT2D eigenvalue weighted by Gasteiger charge is 2.09. The van der Waals surface area contributed by atoms with Crippen LogP contribution >= 0.6 is 0 Å². The van der Waals surface area contributed by atoms with Crippen molar-refractivity contribution >= 4 is 23.3 Å². The summed E-state index contributed by atoms with van der Waals surface area (Å²) in [7, 11) is 4.94. The van der Waals surface area contributed by atoms with E-state index in [1.807, 2.05) is 12.1 Å². The summed E-state index contributed by atoms with van der Waals surface area (Å²) < 4.78 is 10.5. The van der Waals surface area contributed by atoms with Crippen LogP contribution in [-0.2, 0) is 4.79 Å². The Hall–Kier alpha value is -3.03. The molecule has 0 atom stereocenters. The van der Waals surface area contributed by atoms with Crippen molar-refractivity contribution in [2.45, 2.75) is 6.42 Å². The number of ether oxygens (including phenoxy) is 2. The first-order valence-electron chi connectivity index (χ1n) is 7.27. The number of rotatable bonds is 8. The average Bonchev–Trinajstić information content (AvgIpc) is 2.60. The Balaban J connectivity index is 2.16. The molecular formula is C16H20N4O4. The molecule has 0 fully saturated rings. The van der Waals surface area contributed by atoms with Crippen LogP contribution in [-0.4, -0.2) is 48.9 Å². The van der Waals surface area contributed by atoms with E-state index in [9.17, 15) is 4.79 Å². The molecule has 0 spiro atoms. The molecule has 8 heteroatoms. The van der Waals surface area contributed by atoms with E-state index in [0.717, 1.165) is 5.69 Å². The predicted molar refractivity (Wildman–Crippen MR) is 90.4 cm³/mol. The van der Waals surface area contributed by atoms with Crippen molar-refractivity contribution in [3.63, 3.8) is 0 Å². The molecular weight excluding hydrogens is 312 g/mol. The average molecular weight is 332 g/mol. The van der Waals surface area contributed by atoms with E-state index in [1.165, 1.54) is 6.33 Å². The second kappa shape index (κ2) is 8.00. The van der Waals surface area contributed by atoms with Gasteiger partial charge in [-0.15, -0.1) is 0 Å². The summed E-state index contributed by atoms with van der Waals surface area (Å²) in [6, 6.07) is 7.15. The van der Waals surface area contributed by atoms with Gasteiger partial charge in [0.05, 0.1) is 26.3 Å². The summed E-state index contributed by atoms with van der Waals surface area (Å²) in [5.41, 5.74) is 0.733. The number of carboxylic acid groups (broad SMARTS) is 1. The zero-order valence-electron chi connectivity index (χ0n) is 13.8. The number of methoxy groups -OCH3 is 2. The fourth-order valence-electron chi connectivity index (χ4n) is 2.04. The lowest BCUT2D eigenvalue weighted by Gasteiger charge is -2.18. The number of benzene rings is 1. The number of hydrogen-bond acceptors (Lipinski definition) is 7. The highest BCUT2D eigenvalue weighted by molar-refractivity contribution is 5.68. The molecule has 128 valence electrons. The van der Waals surface area contributed by atoms with E-state index in [-0.39, 0.29) is 6.42 Å². The lowest BCUT2D eigenvalue weighted by atomic mass is 10.2. The number of aliphatic carboxylic acids is 1. The molecule has 1 heterocycles. The second-order valence-electron chi connectivity index (χ2n) is 5.02.